The van der Waals surface area contributed by atoms with Crippen LogP contribution < -0.4 is 0 Å². The number of halogens is 1. The Morgan fingerprint density at radius 1 is 1.50 bits per heavy atom. The van der Waals surface area contributed by atoms with Crippen molar-refractivity contribution in [1.29, 1.82) is 0 Å². The van der Waals surface area contributed by atoms with Gasteiger partial charge in [-0.2, -0.15) is 4.31 Å². The highest BCUT2D eigenvalue weighted by Crippen LogP contribution is 2.26. The minimum absolute atomic E-state index is 0.0270. The van der Waals surface area contributed by atoms with Gasteiger partial charge < -0.3 is 0 Å². The standard InChI is InChI=1S/C8H12BrNO2S2/c1-6(2)10(3)14(11,12)8-4-7(9)5-13-8/h4-6H,1-3H3. The molecule has 0 N–H and O–H groups in total. The molecule has 6 heteroatoms. The van der Waals surface area contributed by atoms with Crippen LogP contribution in [-0.4, -0.2) is 25.8 Å². The Morgan fingerprint density at radius 3 is 2.43 bits per heavy atom. The molecule has 80 valence electrons. The second kappa shape index (κ2) is 4.30. The highest BCUT2D eigenvalue weighted by atomic mass is 79.9. The van der Waals surface area contributed by atoms with Gasteiger partial charge in [-0.05, 0) is 35.8 Å². The molecule has 1 aromatic heterocycles. The third kappa shape index (κ3) is 2.36. The predicted molar refractivity (Wildman–Crippen MR) is 62.1 cm³/mol. The molecule has 1 rings (SSSR count). The van der Waals surface area contributed by atoms with Crippen molar-refractivity contribution in [3.8, 4) is 0 Å². The van der Waals surface area contributed by atoms with Gasteiger partial charge in [0.05, 0.1) is 0 Å². The molecule has 3 nitrogen and oxygen atoms in total. The van der Waals surface area contributed by atoms with Crippen LogP contribution >= 0.6 is 27.3 Å². The number of nitrogens with zero attached hydrogens (tertiary/aromatic N) is 1. The summed E-state index contributed by atoms with van der Waals surface area (Å²) < 4.78 is 26.4. The minimum atomic E-state index is -3.30. The molecule has 0 aliphatic carbocycles. The Labute approximate surface area is 96.9 Å². The molecule has 0 fully saturated rings. The molecular weight excluding hydrogens is 286 g/mol. The van der Waals surface area contributed by atoms with Gasteiger partial charge in [-0.1, -0.05) is 0 Å². The molecule has 0 unspecified atom stereocenters. The van der Waals surface area contributed by atoms with Crippen LogP contribution in [0.4, 0.5) is 0 Å². The van der Waals surface area contributed by atoms with Crippen molar-refractivity contribution in [3.05, 3.63) is 15.9 Å². The maximum atomic E-state index is 11.9. The Hall–Kier alpha value is 0.0900. The summed E-state index contributed by atoms with van der Waals surface area (Å²) in [5.41, 5.74) is 0. The first kappa shape index (κ1) is 12.2. The summed E-state index contributed by atoms with van der Waals surface area (Å²) >= 11 is 4.46. The fourth-order valence-electron chi connectivity index (χ4n) is 0.850. The molecule has 0 aliphatic heterocycles. The zero-order valence-electron chi connectivity index (χ0n) is 8.19. The second-order valence-corrected chi connectivity index (χ2v) is 7.25. The Bertz CT molecular complexity index is 411. The van der Waals surface area contributed by atoms with E-state index < -0.39 is 10.0 Å². The monoisotopic (exact) mass is 297 g/mol. The zero-order chi connectivity index (χ0) is 10.9. The Balaban J connectivity index is 3.09. The van der Waals surface area contributed by atoms with E-state index in [1.807, 2.05) is 13.8 Å². The average Bonchev–Trinajstić information content (AvgIpc) is 2.50. The van der Waals surface area contributed by atoms with Crippen LogP contribution in [0.1, 0.15) is 13.8 Å². The molecule has 0 bridgehead atoms. The third-order valence-electron chi connectivity index (χ3n) is 1.90. The van der Waals surface area contributed by atoms with Gasteiger partial charge in [0.15, 0.2) is 0 Å². The number of sulfonamides is 1. The molecule has 0 aliphatic rings. The van der Waals surface area contributed by atoms with Crippen LogP contribution in [0.5, 0.6) is 0 Å². The van der Waals surface area contributed by atoms with E-state index in [1.165, 1.54) is 15.6 Å². The lowest BCUT2D eigenvalue weighted by Gasteiger charge is -2.19. The first-order chi connectivity index (χ1) is 6.35. The smallest absolute Gasteiger partial charge is 0.206 e. The van der Waals surface area contributed by atoms with Crippen LogP contribution in [0.3, 0.4) is 0 Å². The second-order valence-electron chi connectivity index (χ2n) is 3.20. The van der Waals surface area contributed by atoms with Crippen molar-refractivity contribution in [2.24, 2.45) is 0 Å². The lowest BCUT2D eigenvalue weighted by Crippen LogP contribution is -2.32. The normalized spacial score (nSPS) is 12.7. The highest BCUT2D eigenvalue weighted by Gasteiger charge is 2.24. The summed E-state index contributed by atoms with van der Waals surface area (Å²) in [4.78, 5) is 0. The van der Waals surface area contributed by atoms with Crippen molar-refractivity contribution in [3.63, 3.8) is 0 Å². The van der Waals surface area contributed by atoms with Crippen molar-refractivity contribution in [2.45, 2.75) is 24.1 Å². The lowest BCUT2D eigenvalue weighted by molar-refractivity contribution is 0.412. The van der Waals surface area contributed by atoms with Gasteiger partial charge in [-0.15, -0.1) is 11.3 Å². The number of hydrogen-bond donors (Lipinski definition) is 0. The van der Waals surface area contributed by atoms with Gasteiger partial charge in [0.1, 0.15) is 4.21 Å². The van der Waals surface area contributed by atoms with Gasteiger partial charge in [0.2, 0.25) is 0 Å². The molecule has 0 atom stereocenters. The van der Waals surface area contributed by atoms with Gasteiger partial charge in [0.25, 0.3) is 10.0 Å². The summed E-state index contributed by atoms with van der Waals surface area (Å²) in [7, 11) is -1.70. The number of rotatable bonds is 3. The van der Waals surface area contributed by atoms with E-state index in [1.54, 1.807) is 18.5 Å². The van der Waals surface area contributed by atoms with Crippen molar-refractivity contribution >= 4 is 37.3 Å². The molecule has 0 saturated heterocycles. The summed E-state index contributed by atoms with van der Waals surface area (Å²) in [6, 6.07) is 1.60. The fourth-order valence-corrected chi connectivity index (χ4v) is 4.25. The molecule has 14 heavy (non-hydrogen) atoms. The fraction of sp³-hybridized carbons (Fsp3) is 0.500. The first-order valence-corrected chi connectivity index (χ1v) is 7.19. The molecule has 0 aromatic carbocycles. The first-order valence-electron chi connectivity index (χ1n) is 4.07. The van der Waals surface area contributed by atoms with Crippen LogP contribution in [0, 0.1) is 0 Å². The maximum Gasteiger partial charge on any atom is 0.252 e. The van der Waals surface area contributed by atoms with Gasteiger partial charge in [-0.25, -0.2) is 8.42 Å². The lowest BCUT2D eigenvalue weighted by atomic mass is 10.4. The molecule has 0 saturated carbocycles. The quantitative estimate of drug-likeness (QED) is 0.860. The van der Waals surface area contributed by atoms with Crippen molar-refractivity contribution in [2.75, 3.05) is 7.05 Å². The topological polar surface area (TPSA) is 37.4 Å². The highest BCUT2D eigenvalue weighted by molar-refractivity contribution is 9.10. The van der Waals surface area contributed by atoms with Crippen LogP contribution in [0.2, 0.25) is 0 Å². The predicted octanol–water partition coefficient (Wildman–Crippen LogP) is 2.54. The molecule has 1 aromatic rings. The number of hydrogen-bond acceptors (Lipinski definition) is 3. The summed E-state index contributed by atoms with van der Waals surface area (Å²) in [6.07, 6.45) is 0. The minimum Gasteiger partial charge on any atom is -0.206 e. The number of thiophene rings is 1. The third-order valence-corrected chi connectivity index (χ3v) is 6.11. The Morgan fingerprint density at radius 2 is 2.07 bits per heavy atom. The van der Waals surface area contributed by atoms with E-state index in [0.717, 1.165) is 4.47 Å². The average molecular weight is 298 g/mol. The van der Waals surface area contributed by atoms with E-state index in [9.17, 15) is 8.42 Å². The molecule has 0 spiro atoms. The van der Waals surface area contributed by atoms with E-state index >= 15 is 0 Å². The summed E-state index contributed by atoms with van der Waals surface area (Å²) in [5, 5.41) is 1.76. The van der Waals surface area contributed by atoms with E-state index in [-0.39, 0.29) is 6.04 Å². The molecule has 1 heterocycles. The van der Waals surface area contributed by atoms with E-state index in [0.29, 0.717) is 4.21 Å². The summed E-state index contributed by atoms with van der Waals surface area (Å²) in [6.45, 7) is 3.69. The van der Waals surface area contributed by atoms with Gasteiger partial charge >= 0.3 is 0 Å². The summed E-state index contributed by atoms with van der Waals surface area (Å²) in [5.74, 6) is 0. The molecule has 0 amide bonds. The Kier molecular flexibility index (Phi) is 3.74. The zero-order valence-corrected chi connectivity index (χ0v) is 11.4. The SMILES string of the molecule is CC(C)N(C)S(=O)(=O)c1cc(Br)cs1. The van der Waals surface area contributed by atoms with Crippen LogP contribution in [0.15, 0.2) is 20.1 Å². The van der Waals surface area contributed by atoms with E-state index in [4.69, 9.17) is 0 Å². The van der Waals surface area contributed by atoms with Gasteiger partial charge in [-0.3, -0.25) is 0 Å². The van der Waals surface area contributed by atoms with Crippen LogP contribution in [-0.2, 0) is 10.0 Å². The largest absolute Gasteiger partial charge is 0.252 e. The van der Waals surface area contributed by atoms with Crippen LogP contribution in [0.25, 0.3) is 0 Å². The molecule has 0 radical (unpaired) electrons. The van der Waals surface area contributed by atoms with Gasteiger partial charge in [0, 0.05) is 22.9 Å². The molecular formula is C8H12BrNO2S2. The maximum absolute atomic E-state index is 11.9. The van der Waals surface area contributed by atoms with E-state index in [2.05, 4.69) is 15.9 Å². The van der Waals surface area contributed by atoms with Crippen molar-refractivity contribution < 1.29 is 8.42 Å². The van der Waals surface area contributed by atoms with Crippen molar-refractivity contribution in [1.82, 2.24) is 4.31 Å².